The van der Waals surface area contributed by atoms with Gasteiger partial charge in [-0.25, -0.2) is 4.79 Å². The summed E-state index contributed by atoms with van der Waals surface area (Å²) in [5.41, 5.74) is 2.22. The quantitative estimate of drug-likeness (QED) is 0.256. The maximum atomic E-state index is 11.9. The van der Waals surface area contributed by atoms with E-state index in [1.165, 1.54) is 37.5 Å². The molecule has 38 heavy (non-hydrogen) atoms. The molecule has 11 nitrogen and oxygen atoms in total. The zero-order chi connectivity index (χ0) is 27.3. The van der Waals surface area contributed by atoms with Crippen molar-refractivity contribution in [3.63, 3.8) is 0 Å². The number of carbonyl (C=O) groups is 2. The number of nitrogens with one attached hydrogen (secondary N) is 2. The fourth-order valence-corrected chi connectivity index (χ4v) is 4.83. The highest BCUT2D eigenvalue weighted by molar-refractivity contribution is 7.18. The summed E-state index contributed by atoms with van der Waals surface area (Å²) in [4.78, 5) is 25.3. The maximum absolute atomic E-state index is 11.9. The molecule has 204 valence electrons. The van der Waals surface area contributed by atoms with E-state index in [1.54, 1.807) is 28.9 Å². The first kappa shape index (κ1) is 30.5. The number of ether oxygens (including phenoxy) is 1. The Hall–Kier alpha value is -3.77. The highest BCUT2D eigenvalue weighted by Crippen LogP contribution is 2.39. The van der Waals surface area contributed by atoms with Crippen LogP contribution in [0.3, 0.4) is 0 Å². The number of rotatable bonds is 10. The number of anilines is 4. The Kier molecular flexibility index (Phi) is 10.5. The first-order valence-electron chi connectivity index (χ1n) is 11.7. The molecule has 0 atom stereocenters. The molecule has 0 fully saturated rings. The van der Waals surface area contributed by atoms with Crippen LogP contribution in [0, 0.1) is 0 Å². The number of nitrogens with zero attached hydrogens (tertiary/aromatic N) is 5. The lowest BCUT2D eigenvalue weighted by Crippen LogP contribution is -3.00. The number of carboxylic acid groups (broad SMARTS) is 1. The zero-order valence-electron chi connectivity index (χ0n) is 22.3. The summed E-state index contributed by atoms with van der Waals surface area (Å²) < 4.78 is 7.23. The Bertz CT molecular complexity index is 1300. The van der Waals surface area contributed by atoms with Gasteiger partial charge in [-0.2, -0.15) is 0 Å². The maximum Gasteiger partial charge on any atom is 0.431 e. The van der Waals surface area contributed by atoms with Crippen molar-refractivity contribution in [1.29, 1.82) is 0 Å². The topological polar surface area (TPSA) is 132 Å². The van der Waals surface area contributed by atoms with Crippen LogP contribution in [0.5, 0.6) is 5.75 Å². The predicted octanol–water partition coefficient (Wildman–Crippen LogP) is 2.42. The van der Waals surface area contributed by atoms with Gasteiger partial charge in [0.15, 0.2) is 0 Å². The number of azo groups is 1. The Morgan fingerprint density at radius 2 is 1.71 bits per heavy atom. The number of hydrogen-bond donors (Lipinski definition) is 3. The van der Waals surface area contributed by atoms with Gasteiger partial charge in [0.25, 0.3) is 0 Å². The van der Waals surface area contributed by atoms with Crippen LogP contribution in [0.15, 0.2) is 46.6 Å². The molecule has 0 aliphatic carbocycles. The molecule has 0 bridgehead atoms. The first-order chi connectivity index (χ1) is 17.5. The number of hydrogen-bond acceptors (Lipinski definition) is 9. The van der Waals surface area contributed by atoms with Gasteiger partial charge in [-0.3, -0.25) is 4.79 Å². The van der Waals surface area contributed by atoms with Gasteiger partial charge >= 0.3 is 11.1 Å². The van der Waals surface area contributed by atoms with E-state index in [4.69, 9.17) is 9.84 Å². The third-order valence-electron chi connectivity index (χ3n) is 5.31. The van der Waals surface area contributed by atoms with Crippen molar-refractivity contribution in [3.05, 3.63) is 42.0 Å². The summed E-state index contributed by atoms with van der Waals surface area (Å²) >= 11 is 1.43. The molecule has 13 heteroatoms. The smallest absolute Gasteiger partial charge is 0.431 e. The summed E-state index contributed by atoms with van der Waals surface area (Å²) in [6.45, 7) is 9.87. The minimum Gasteiger partial charge on any atom is -1.00 e. The van der Waals surface area contributed by atoms with Crippen molar-refractivity contribution in [1.82, 2.24) is 5.10 Å². The van der Waals surface area contributed by atoms with Crippen molar-refractivity contribution in [3.8, 4) is 5.75 Å². The van der Waals surface area contributed by atoms with E-state index in [0.29, 0.717) is 33.6 Å². The molecule has 1 heterocycles. The molecule has 3 aromatic rings. The molecule has 0 spiro atoms. The minimum atomic E-state index is -1.01. The first-order valence-corrected chi connectivity index (χ1v) is 12.5. The van der Waals surface area contributed by atoms with E-state index in [1.807, 2.05) is 7.05 Å². The van der Waals surface area contributed by atoms with Crippen LogP contribution in [-0.2, 0) is 11.8 Å². The van der Waals surface area contributed by atoms with Crippen LogP contribution in [0.4, 0.5) is 33.0 Å². The lowest BCUT2D eigenvalue weighted by atomic mass is 10.2. The molecule has 2 aromatic carbocycles. The number of amides is 1. The highest BCUT2D eigenvalue weighted by Gasteiger charge is 2.24. The van der Waals surface area contributed by atoms with Gasteiger partial charge < -0.3 is 37.8 Å². The second kappa shape index (κ2) is 13.2. The fraction of sp³-hybridized carbons (Fsp3) is 0.360. The van der Waals surface area contributed by atoms with Crippen molar-refractivity contribution in [2.24, 2.45) is 17.3 Å². The van der Waals surface area contributed by atoms with E-state index >= 15 is 0 Å². The number of carboxylic acids is 1. The van der Waals surface area contributed by atoms with Crippen molar-refractivity contribution in [2.45, 2.75) is 46.7 Å². The number of carbonyl (C=O) groups excluding carboxylic acids is 1. The monoisotopic (exact) mass is 561 g/mol. The molecule has 0 unspecified atom stereocenters. The van der Waals surface area contributed by atoms with Crippen molar-refractivity contribution in [2.75, 3.05) is 22.6 Å². The molecule has 0 radical (unpaired) electrons. The van der Waals surface area contributed by atoms with Gasteiger partial charge in [0, 0.05) is 30.8 Å². The lowest BCUT2D eigenvalue weighted by Gasteiger charge is -2.28. The number of methoxy groups -OCH3 is 1. The van der Waals surface area contributed by atoms with Crippen LogP contribution < -0.4 is 37.4 Å². The van der Waals surface area contributed by atoms with Gasteiger partial charge in [0.1, 0.15) is 18.5 Å². The molecule has 1 amide bonds. The number of aryl methyl sites for hydroxylation is 1. The van der Waals surface area contributed by atoms with Crippen LogP contribution in [0.25, 0.3) is 0 Å². The van der Waals surface area contributed by atoms with Gasteiger partial charge in [-0.05, 0) is 74.5 Å². The van der Waals surface area contributed by atoms with Gasteiger partial charge in [-0.15, -0.1) is 4.68 Å². The summed E-state index contributed by atoms with van der Waals surface area (Å²) in [6, 6.07) is 10.2. The standard InChI is InChI=1S/C25H31N7O4S.ClH/c1-14(2)32(15(3)4)25-30-31(6)24(37-25)29-28-20-13-22(36-7)21(12-19(20)26-16(5)33)27-18-10-8-17(9-11-18)23(34)35;/h8-15H,1-7H3,(H2,26,27,33,34,35);1H. The highest BCUT2D eigenvalue weighted by atomic mass is 35.5. The predicted molar refractivity (Wildman–Crippen MR) is 144 cm³/mol. The van der Waals surface area contributed by atoms with Crippen LogP contribution >= 0.6 is 11.3 Å². The molecular formula is C25H32ClN7O4S. The SMILES string of the molecule is COc1cc(N=Nc2sc(N(C(C)C)C(C)C)n[n+]2C)c(NC(C)=O)cc1Nc1ccc(C(=O)O)cc1.[Cl-]. The zero-order valence-corrected chi connectivity index (χ0v) is 23.9. The Balaban J connectivity index is 0.00000507. The van der Waals surface area contributed by atoms with Gasteiger partial charge in [0.2, 0.25) is 11.0 Å². The van der Waals surface area contributed by atoms with Crippen molar-refractivity contribution >= 4 is 56.2 Å². The van der Waals surface area contributed by atoms with Crippen LogP contribution in [-0.4, -0.2) is 41.3 Å². The summed E-state index contributed by atoms with van der Waals surface area (Å²) in [5.74, 6) is -0.812. The normalized spacial score (nSPS) is 11.0. The van der Waals surface area contributed by atoms with Gasteiger partial charge in [-0.1, -0.05) is 5.10 Å². The van der Waals surface area contributed by atoms with Crippen LogP contribution in [0.1, 0.15) is 45.0 Å². The van der Waals surface area contributed by atoms with E-state index < -0.39 is 5.97 Å². The van der Waals surface area contributed by atoms with E-state index in [0.717, 1.165) is 5.13 Å². The average Bonchev–Trinajstić information content (AvgIpc) is 3.17. The molecule has 0 saturated heterocycles. The van der Waals surface area contributed by atoms with Crippen molar-refractivity contribution < 1.29 is 36.5 Å². The Morgan fingerprint density at radius 3 is 2.24 bits per heavy atom. The average molecular weight is 562 g/mol. The molecule has 0 aliphatic rings. The number of aromatic carboxylic acids is 1. The fourth-order valence-electron chi connectivity index (χ4n) is 3.72. The molecule has 0 saturated carbocycles. The Labute approximate surface area is 232 Å². The Morgan fingerprint density at radius 1 is 1.08 bits per heavy atom. The van der Waals surface area contributed by atoms with Gasteiger partial charge in [0.05, 0.1) is 29.2 Å². The number of aromatic nitrogens is 2. The largest absolute Gasteiger partial charge is 1.00 e. The molecule has 3 N–H and O–H groups in total. The number of halogens is 1. The molecule has 1 aromatic heterocycles. The molecule has 3 rings (SSSR count). The lowest BCUT2D eigenvalue weighted by molar-refractivity contribution is -0.712. The molecular weight excluding hydrogens is 530 g/mol. The van der Waals surface area contributed by atoms with E-state index in [2.05, 4.69) is 58.6 Å². The second-order valence-corrected chi connectivity index (χ2v) is 9.78. The third kappa shape index (κ3) is 7.39. The number of benzene rings is 2. The summed E-state index contributed by atoms with van der Waals surface area (Å²) in [5, 5.41) is 30.0. The second-order valence-electron chi connectivity index (χ2n) is 8.84. The van der Waals surface area contributed by atoms with E-state index in [-0.39, 0.29) is 36.0 Å². The van der Waals surface area contributed by atoms with E-state index in [9.17, 15) is 9.59 Å². The summed E-state index contributed by atoms with van der Waals surface area (Å²) in [6.07, 6.45) is 0. The summed E-state index contributed by atoms with van der Waals surface area (Å²) in [7, 11) is 3.33. The van der Waals surface area contributed by atoms with Crippen LogP contribution in [0.2, 0.25) is 0 Å². The third-order valence-corrected chi connectivity index (χ3v) is 6.31. The molecule has 0 aliphatic heterocycles. The minimum absolute atomic E-state index is 0.